The van der Waals surface area contributed by atoms with E-state index in [9.17, 15) is 9.18 Å². The number of nitrogens with zero attached hydrogens (tertiary/aromatic N) is 3. The van der Waals surface area contributed by atoms with E-state index in [4.69, 9.17) is 16.3 Å². The van der Waals surface area contributed by atoms with Crippen molar-refractivity contribution in [1.29, 1.82) is 0 Å². The summed E-state index contributed by atoms with van der Waals surface area (Å²) in [5.41, 5.74) is 2.07. The zero-order chi connectivity index (χ0) is 23.4. The lowest BCUT2D eigenvalue weighted by Crippen LogP contribution is -2.19. The third kappa shape index (κ3) is 5.90. The van der Waals surface area contributed by atoms with E-state index in [2.05, 4.69) is 20.6 Å². The van der Waals surface area contributed by atoms with Crippen molar-refractivity contribution in [2.24, 2.45) is 5.92 Å². The van der Waals surface area contributed by atoms with E-state index in [0.29, 0.717) is 41.8 Å². The van der Waals surface area contributed by atoms with Crippen molar-refractivity contribution in [3.8, 4) is 5.75 Å². The molecular weight excluding hydrogens is 445 g/mol. The average molecular weight is 470 g/mol. The zero-order valence-corrected chi connectivity index (χ0v) is 19.2. The Labute approximate surface area is 196 Å². The van der Waals surface area contributed by atoms with Crippen LogP contribution >= 0.6 is 11.6 Å². The van der Waals surface area contributed by atoms with Crippen LogP contribution in [0.1, 0.15) is 12.8 Å². The third-order valence-electron chi connectivity index (χ3n) is 5.20. The third-order valence-corrected chi connectivity index (χ3v) is 5.49. The Morgan fingerprint density at radius 1 is 1.27 bits per heavy atom. The summed E-state index contributed by atoms with van der Waals surface area (Å²) in [6.07, 6.45) is 7.11. The van der Waals surface area contributed by atoms with Gasteiger partial charge in [0.2, 0.25) is 5.91 Å². The maximum Gasteiger partial charge on any atom is 0.245 e. The monoisotopic (exact) mass is 469 g/mol. The fourth-order valence-electron chi connectivity index (χ4n) is 3.12. The van der Waals surface area contributed by atoms with Crippen LogP contribution in [0, 0.1) is 11.7 Å². The molecule has 33 heavy (non-hydrogen) atoms. The predicted octanol–water partition coefficient (Wildman–Crippen LogP) is 5.01. The first-order chi connectivity index (χ1) is 15.9. The summed E-state index contributed by atoms with van der Waals surface area (Å²) in [7, 11) is 3.41. The summed E-state index contributed by atoms with van der Waals surface area (Å²) in [5, 5.41) is 7.28. The van der Waals surface area contributed by atoms with E-state index >= 15 is 0 Å². The minimum Gasteiger partial charge on any atom is -0.491 e. The van der Waals surface area contributed by atoms with Crippen LogP contribution in [0.4, 0.5) is 21.6 Å². The van der Waals surface area contributed by atoms with Gasteiger partial charge in [0, 0.05) is 43.9 Å². The van der Waals surface area contributed by atoms with E-state index in [1.807, 2.05) is 12.1 Å². The van der Waals surface area contributed by atoms with Gasteiger partial charge in [-0.25, -0.2) is 14.4 Å². The quantitative estimate of drug-likeness (QED) is 0.429. The second-order valence-electron chi connectivity index (χ2n) is 8.11. The smallest absolute Gasteiger partial charge is 0.245 e. The molecule has 0 atom stereocenters. The number of nitrogens with one attached hydrogen (secondary N) is 2. The predicted molar refractivity (Wildman–Crippen MR) is 129 cm³/mol. The van der Waals surface area contributed by atoms with Crippen LogP contribution in [0.25, 0.3) is 10.9 Å². The molecule has 0 radical (unpaired) electrons. The van der Waals surface area contributed by atoms with E-state index < -0.39 is 5.82 Å². The molecule has 9 heteroatoms. The molecule has 1 heterocycles. The lowest BCUT2D eigenvalue weighted by atomic mass is 10.1. The molecule has 0 bridgehead atoms. The second-order valence-corrected chi connectivity index (χ2v) is 8.52. The van der Waals surface area contributed by atoms with Crippen LogP contribution in [0.5, 0.6) is 5.75 Å². The number of halogens is 2. The van der Waals surface area contributed by atoms with E-state index in [1.165, 1.54) is 42.3 Å². The summed E-state index contributed by atoms with van der Waals surface area (Å²) >= 11 is 5.91. The molecule has 1 aliphatic carbocycles. The summed E-state index contributed by atoms with van der Waals surface area (Å²) in [4.78, 5) is 22.0. The number of anilines is 3. The van der Waals surface area contributed by atoms with Crippen LogP contribution in [-0.2, 0) is 4.79 Å². The van der Waals surface area contributed by atoms with Gasteiger partial charge in [0.1, 0.15) is 23.7 Å². The standard InChI is InChI=1S/C24H25ClFN5O2/c1-31(2)23(32)4-3-9-27-21-11-17-20(12-22(21)33-13-15-5-6-15)28-14-29-24(17)30-16-7-8-19(26)18(25)10-16/h3-4,7-8,10-12,14-15,27H,5-6,9,13H2,1-2H3,(H,28,29,30). The van der Waals surface area contributed by atoms with Gasteiger partial charge in [0.15, 0.2) is 0 Å². The highest BCUT2D eigenvalue weighted by molar-refractivity contribution is 6.31. The zero-order valence-electron chi connectivity index (χ0n) is 18.4. The number of rotatable bonds is 9. The summed E-state index contributed by atoms with van der Waals surface area (Å²) in [6.45, 7) is 1.09. The highest BCUT2D eigenvalue weighted by atomic mass is 35.5. The van der Waals surface area contributed by atoms with Gasteiger partial charge in [-0.1, -0.05) is 17.7 Å². The lowest BCUT2D eigenvalue weighted by Gasteiger charge is -2.15. The number of benzene rings is 2. The number of ether oxygens (including phenoxy) is 1. The molecule has 0 spiro atoms. The molecular formula is C24H25ClFN5O2. The minimum absolute atomic E-state index is 0.0236. The van der Waals surface area contributed by atoms with Crippen molar-refractivity contribution >= 4 is 45.6 Å². The van der Waals surface area contributed by atoms with Gasteiger partial charge in [-0.3, -0.25) is 4.79 Å². The van der Waals surface area contributed by atoms with Crippen molar-refractivity contribution in [2.45, 2.75) is 12.8 Å². The van der Waals surface area contributed by atoms with Gasteiger partial charge in [0.05, 0.1) is 22.8 Å². The summed E-state index contributed by atoms with van der Waals surface area (Å²) in [6, 6.07) is 8.18. The van der Waals surface area contributed by atoms with Gasteiger partial charge >= 0.3 is 0 Å². The molecule has 0 saturated heterocycles. The van der Waals surface area contributed by atoms with Crippen LogP contribution in [0.15, 0.2) is 48.8 Å². The Kier molecular flexibility index (Phi) is 6.93. The largest absolute Gasteiger partial charge is 0.491 e. The number of aromatic nitrogens is 2. The van der Waals surface area contributed by atoms with Crippen LogP contribution in [-0.4, -0.2) is 48.0 Å². The number of hydrogen-bond acceptors (Lipinski definition) is 6. The average Bonchev–Trinajstić information content (AvgIpc) is 3.62. The molecule has 1 saturated carbocycles. The van der Waals surface area contributed by atoms with Crippen molar-refractivity contribution < 1.29 is 13.9 Å². The van der Waals surface area contributed by atoms with E-state index in [1.54, 1.807) is 26.2 Å². The van der Waals surface area contributed by atoms with Crippen LogP contribution in [0.3, 0.4) is 0 Å². The maximum atomic E-state index is 13.5. The summed E-state index contributed by atoms with van der Waals surface area (Å²) in [5.74, 6) is 1.27. The molecule has 3 aromatic rings. The highest BCUT2D eigenvalue weighted by Crippen LogP contribution is 2.36. The number of fused-ring (bicyclic) bond motifs is 1. The molecule has 2 N–H and O–H groups in total. The SMILES string of the molecule is CN(C)C(=O)C=CCNc1cc2c(Nc3ccc(F)c(Cl)c3)ncnc2cc1OCC1CC1. The van der Waals surface area contributed by atoms with Crippen molar-refractivity contribution in [2.75, 3.05) is 37.9 Å². The molecule has 4 rings (SSSR count). The first kappa shape index (κ1) is 22.8. The van der Waals surface area contributed by atoms with Crippen LogP contribution in [0.2, 0.25) is 5.02 Å². The van der Waals surface area contributed by atoms with Gasteiger partial charge in [0.25, 0.3) is 0 Å². The number of amides is 1. The number of likely N-dealkylation sites (N-methyl/N-ethyl adjacent to an activating group) is 1. The Morgan fingerprint density at radius 3 is 2.82 bits per heavy atom. The Bertz CT molecular complexity index is 1200. The molecule has 1 aromatic heterocycles. The molecule has 1 amide bonds. The van der Waals surface area contributed by atoms with E-state index in [0.717, 1.165) is 11.1 Å². The Hall–Kier alpha value is -3.39. The number of carbonyl (C=O) groups excluding carboxylic acids is 1. The molecule has 1 aliphatic rings. The van der Waals surface area contributed by atoms with Gasteiger partial charge < -0.3 is 20.3 Å². The van der Waals surface area contributed by atoms with Gasteiger partial charge in [-0.05, 0) is 43.0 Å². The first-order valence-electron chi connectivity index (χ1n) is 10.7. The summed E-state index contributed by atoms with van der Waals surface area (Å²) < 4.78 is 19.6. The van der Waals surface area contributed by atoms with E-state index in [-0.39, 0.29) is 10.9 Å². The maximum absolute atomic E-state index is 13.5. The lowest BCUT2D eigenvalue weighted by molar-refractivity contribution is -0.123. The van der Waals surface area contributed by atoms with Gasteiger partial charge in [-0.2, -0.15) is 0 Å². The molecule has 0 unspecified atom stereocenters. The molecule has 1 fully saturated rings. The van der Waals surface area contributed by atoms with Crippen LogP contribution < -0.4 is 15.4 Å². The molecule has 2 aromatic carbocycles. The number of carbonyl (C=O) groups is 1. The first-order valence-corrected chi connectivity index (χ1v) is 11.0. The fraction of sp³-hybridized carbons (Fsp3) is 0.292. The minimum atomic E-state index is -0.487. The topological polar surface area (TPSA) is 79.4 Å². The molecule has 172 valence electrons. The second kappa shape index (κ2) is 10.0. The van der Waals surface area contributed by atoms with Crippen molar-refractivity contribution in [3.05, 3.63) is 59.7 Å². The molecule has 0 aliphatic heterocycles. The fourth-order valence-corrected chi connectivity index (χ4v) is 3.30. The number of hydrogen-bond donors (Lipinski definition) is 2. The Balaban J connectivity index is 1.62. The molecule has 7 nitrogen and oxygen atoms in total. The highest BCUT2D eigenvalue weighted by Gasteiger charge is 2.23. The van der Waals surface area contributed by atoms with Gasteiger partial charge in [-0.15, -0.1) is 0 Å². The normalized spacial score (nSPS) is 13.3. The Morgan fingerprint density at radius 2 is 2.09 bits per heavy atom. The van der Waals surface area contributed by atoms with Crippen molar-refractivity contribution in [1.82, 2.24) is 14.9 Å². The van der Waals surface area contributed by atoms with Crippen molar-refractivity contribution in [3.63, 3.8) is 0 Å².